The monoisotopic (exact) mass is 566 g/mol. The van der Waals surface area contributed by atoms with Crippen molar-refractivity contribution in [2.75, 3.05) is 7.11 Å². The molecular formula is C34H27FO7. The highest BCUT2D eigenvalue weighted by atomic mass is 19.1. The average Bonchev–Trinajstić information content (AvgIpc) is 3.01. The van der Waals surface area contributed by atoms with Crippen LogP contribution in [0.4, 0.5) is 4.39 Å². The molecule has 0 saturated heterocycles. The van der Waals surface area contributed by atoms with Gasteiger partial charge in [-0.25, -0.2) is 14.0 Å². The van der Waals surface area contributed by atoms with Gasteiger partial charge in [0.15, 0.2) is 11.5 Å². The summed E-state index contributed by atoms with van der Waals surface area (Å²) < 4.78 is 36.1. The zero-order valence-corrected chi connectivity index (χ0v) is 22.8. The minimum atomic E-state index is -0.638. The number of methoxy groups -OCH3 is 1. The number of ether oxygens (including phenoxy) is 4. The first-order valence-corrected chi connectivity index (χ1v) is 12.9. The summed E-state index contributed by atoms with van der Waals surface area (Å²) in [7, 11) is 1.45. The van der Waals surface area contributed by atoms with Crippen LogP contribution in [0.5, 0.6) is 23.0 Å². The van der Waals surface area contributed by atoms with Crippen LogP contribution in [-0.4, -0.2) is 25.0 Å². The van der Waals surface area contributed by atoms with E-state index in [0.29, 0.717) is 45.9 Å². The molecule has 0 bridgehead atoms. The third-order valence-corrected chi connectivity index (χ3v) is 6.17. The second kappa shape index (κ2) is 13.7. The summed E-state index contributed by atoms with van der Waals surface area (Å²) in [6.45, 7) is 6.74. The smallest absolute Gasteiger partial charge is 0.335 e. The number of rotatable bonds is 11. The van der Waals surface area contributed by atoms with E-state index in [1.807, 2.05) is 0 Å². The topological polar surface area (TPSA) is 88.1 Å². The largest absolute Gasteiger partial charge is 0.493 e. The van der Waals surface area contributed by atoms with Gasteiger partial charge in [0.2, 0.25) is 0 Å². The van der Waals surface area contributed by atoms with Crippen molar-refractivity contribution in [2.45, 2.75) is 12.8 Å². The molecule has 0 saturated carbocycles. The molecule has 0 unspecified atom stereocenters. The number of esters is 3. The number of hydrogen-bond donors (Lipinski definition) is 0. The maximum absolute atomic E-state index is 15.2. The Hall–Kier alpha value is -5.50. The van der Waals surface area contributed by atoms with Crippen molar-refractivity contribution in [1.82, 2.24) is 0 Å². The number of aryl methyl sites for hydroxylation is 1. The molecule has 0 N–H and O–H groups in total. The number of benzene rings is 4. The highest BCUT2D eigenvalue weighted by molar-refractivity contribution is 5.84. The summed E-state index contributed by atoms with van der Waals surface area (Å²) in [5, 5.41) is 0. The molecule has 4 rings (SSSR count). The van der Waals surface area contributed by atoms with E-state index in [2.05, 4.69) is 13.2 Å². The Morgan fingerprint density at radius 2 is 1.26 bits per heavy atom. The fourth-order valence-corrected chi connectivity index (χ4v) is 4.03. The van der Waals surface area contributed by atoms with E-state index in [-0.39, 0.29) is 12.2 Å². The molecule has 8 heteroatoms. The normalized spacial score (nSPS) is 10.3. The lowest BCUT2D eigenvalue weighted by molar-refractivity contribution is -0.134. The van der Waals surface area contributed by atoms with Crippen molar-refractivity contribution in [2.24, 2.45) is 0 Å². The minimum Gasteiger partial charge on any atom is -0.493 e. The van der Waals surface area contributed by atoms with E-state index in [4.69, 9.17) is 18.9 Å². The second-order valence-electron chi connectivity index (χ2n) is 8.95. The van der Waals surface area contributed by atoms with Gasteiger partial charge in [-0.05, 0) is 71.1 Å². The average molecular weight is 567 g/mol. The first-order chi connectivity index (χ1) is 20.3. The van der Waals surface area contributed by atoms with E-state index >= 15 is 4.39 Å². The molecule has 4 aromatic rings. The minimum absolute atomic E-state index is 0.142. The van der Waals surface area contributed by atoms with E-state index in [9.17, 15) is 14.4 Å². The van der Waals surface area contributed by atoms with Crippen molar-refractivity contribution >= 4 is 17.9 Å². The zero-order chi connectivity index (χ0) is 30.1. The second-order valence-corrected chi connectivity index (χ2v) is 8.95. The van der Waals surface area contributed by atoms with E-state index in [0.717, 1.165) is 17.7 Å². The third-order valence-electron chi connectivity index (χ3n) is 6.17. The SMILES string of the molecule is C=CC(=O)Oc1ccc(CCC(=O)Oc2ccc(-c3ccc(-c4ccc(OC)c(OC(=O)C=C)c4)cc3F)cc2)cc1. The highest BCUT2D eigenvalue weighted by Crippen LogP contribution is 2.35. The molecule has 0 spiro atoms. The first kappa shape index (κ1) is 29.5. The summed E-state index contributed by atoms with van der Waals surface area (Å²) in [6.07, 6.45) is 2.70. The predicted octanol–water partition coefficient (Wildman–Crippen LogP) is 6.89. The van der Waals surface area contributed by atoms with Gasteiger partial charge in [-0.2, -0.15) is 0 Å². The van der Waals surface area contributed by atoms with Gasteiger partial charge < -0.3 is 18.9 Å². The molecule has 212 valence electrons. The van der Waals surface area contributed by atoms with Crippen LogP contribution in [0.3, 0.4) is 0 Å². The van der Waals surface area contributed by atoms with Gasteiger partial charge in [0, 0.05) is 24.1 Å². The van der Waals surface area contributed by atoms with Crippen LogP contribution in [0.1, 0.15) is 12.0 Å². The number of hydrogen-bond acceptors (Lipinski definition) is 7. The summed E-state index contributed by atoms with van der Waals surface area (Å²) in [5.41, 5.74) is 3.05. The van der Waals surface area contributed by atoms with Gasteiger partial charge in [-0.1, -0.05) is 55.6 Å². The molecule has 42 heavy (non-hydrogen) atoms. The molecular weight excluding hydrogens is 539 g/mol. The zero-order valence-electron chi connectivity index (χ0n) is 22.8. The molecule has 0 atom stereocenters. The summed E-state index contributed by atoms with van der Waals surface area (Å²) in [5.74, 6) is -0.782. The Morgan fingerprint density at radius 1 is 0.690 bits per heavy atom. The maximum atomic E-state index is 15.2. The van der Waals surface area contributed by atoms with Gasteiger partial charge in [0.1, 0.15) is 17.3 Å². The number of carbonyl (C=O) groups is 3. The van der Waals surface area contributed by atoms with Crippen LogP contribution >= 0.6 is 0 Å². The molecule has 0 amide bonds. The summed E-state index contributed by atoms with van der Waals surface area (Å²) >= 11 is 0. The van der Waals surface area contributed by atoms with Crippen LogP contribution in [0, 0.1) is 5.82 Å². The Bertz CT molecular complexity index is 1620. The van der Waals surface area contributed by atoms with Gasteiger partial charge in [-0.15, -0.1) is 0 Å². The first-order valence-electron chi connectivity index (χ1n) is 12.9. The molecule has 4 aromatic carbocycles. The number of halogens is 1. The molecule has 0 aliphatic carbocycles. The Morgan fingerprint density at radius 3 is 1.90 bits per heavy atom. The van der Waals surface area contributed by atoms with Crippen LogP contribution in [0.15, 0.2) is 110 Å². The number of carbonyl (C=O) groups excluding carboxylic acids is 3. The molecule has 0 aromatic heterocycles. The van der Waals surface area contributed by atoms with Gasteiger partial charge in [-0.3, -0.25) is 4.79 Å². The van der Waals surface area contributed by atoms with Crippen molar-refractivity contribution in [3.63, 3.8) is 0 Å². The molecule has 0 aliphatic rings. The molecule has 0 radical (unpaired) electrons. The highest BCUT2D eigenvalue weighted by Gasteiger charge is 2.13. The van der Waals surface area contributed by atoms with Crippen LogP contribution < -0.4 is 18.9 Å². The van der Waals surface area contributed by atoms with Crippen LogP contribution in [-0.2, 0) is 20.8 Å². The molecule has 0 fully saturated rings. The lowest BCUT2D eigenvalue weighted by atomic mass is 9.99. The van der Waals surface area contributed by atoms with Crippen molar-refractivity contribution in [3.8, 4) is 45.3 Å². The molecule has 7 nitrogen and oxygen atoms in total. The summed E-state index contributed by atoms with van der Waals surface area (Å²) in [4.78, 5) is 35.3. The van der Waals surface area contributed by atoms with Gasteiger partial charge in [0.25, 0.3) is 0 Å². The van der Waals surface area contributed by atoms with E-state index < -0.39 is 23.7 Å². The van der Waals surface area contributed by atoms with Crippen molar-refractivity contribution < 1.29 is 37.7 Å². The van der Waals surface area contributed by atoms with Gasteiger partial charge >= 0.3 is 17.9 Å². The predicted molar refractivity (Wildman–Crippen MR) is 156 cm³/mol. The van der Waals surface area contributed by atoms with Crippen molar-refractivity contribution in [1.29, 1.82) is 0 Å². The van der Waals surface area contributed by atoms with Crippen molar-refractivity contribution in [3.05, 3.63) is 122 Å². The Labute approximate surface area is 242 Å². The standard InChI is InChI=1S/C34H27FO7/c1-4-32(36)40-26-13-6-22(7-14-26)8-19-34(38)41-27-15-9-23(10-16-27)28-17-11-24(20-29(28)35)25-12-18-30(39-3)31(21-25)42-33(37)5-2/h4-7,9-18,20-21H,1-2,8,19H2,3H3. The fraction of sp³-hybridized carbons (Fsp3) is 0.0882. The van der Waals surface area contributed by atoms with E-state index in [1.165, 1.54) is 13.2 Å². The third kappa shape index (κ3) is 7.57. The lowest BCUT2D eigenvalue weighted by Gasteiger charge is -2.12. The molecule has 0 aliphatic heterocycles. The summed E-state index contributed by atoms with van der Waals surface area (Å²) in [6, 6.07) is 23.1. The fourth-order valence-electron chi connectivity index (χ4n) is 4.03. The maximum Gasteiger partial charge on any atom is 0.335 e. The van der Waals surface area contributed by atoms with Crippen LogP contribution in [0.2, 0.25) is 0 Å². The quantitative estimate of drug-likeness (QED) is 0.111. The van der Waals surface area contributed by atoms with E-state index in [1.54, 1.807) is 78.9 Å². The Kier molecular flexibility index (Phi) is 9.63. The lowest BCUT2D eigenvalue weighted by Crippen LogP contribution is -2.09. The van der Waals surface area contributed by atoms with Crippen LogP contribution in [0.25, 0.3) is 22.3 Å². The van der Waals surface area contributed by atoms with Gasteiger partial charge in [0.05, 0.1) is 7.11 Å². The Balaban J connectivity index is 1.38. The molecule has 0 heterocycles.